The van der Waals surface area contributed by atoms with Crippen LogP contribution < -0.4 is 19.5 Å². The first-order valence-electron chi connectivity index (χ1n) is 6.24. The first-order chi connectivity index (χ1) is 9.76. The van der Waals surface area contributed by atoms with E-state index in [9.17, 15) is 0 Å². The quantitative estimate of drug-likeness (QED) is 0.877. The fourth-order valence-electron chi connectivity index (χ4n) is 1.72. The van der Waals surface area contributed by atoms with Crippen LogP contribution in [0.3, 0.4) is 0 Å². The zero-order valence-corrected chi connectivity index (χ0v) is 11.8. The summed E-state index contributed by atoms with van der Waals surface area (Å²) in [5, 5.41) is 3.06. The molecule has 0 bridgehead atoms. The molecule has 0 amide bonds. The third-order valence-corrected chi connectivity index (χ3v) is 2.85. The number of nitrogens with zero attached hydrogens (tertiary/aromatic N) is 1. The van der Waals surface area contributed by atoms with Crippen LogP contribution in [-0.2, 0) is 6.61 Å². The van der Waals surface area contributed by atoms with Crippen LogP contribution in [0.2, 0.25) is 0 Å². The third-order valence-electron chi connectivity index (χ3n) is 2.85. The summed E-state index contributed by atoms with van der Waals surface area (Å²) in [5.74, 6) is 1.98. The molecular formula is C15H18N2O3. The molecule has 1 aromatic carbocycles. The summed E-state index contributed by atoms with van der Waals surface area (Å²) < 4.78 is 16.1. The molecule has 0 atom stereocenters. The van der Waals surface area contributed by atoms with Crippen molar-refractivity contribution in [2.75, 3.05) is 26.6 Å². The van der Waals surface area contributed by atoms with Gasteiger partial charge < -0.3 is 19.5 Å². The van der Waals surface area contributed by atoms with E-state index in [-0.39, 0.29) is 0 Å². The Morgan fingerprint density at radius 3 is 2.50 bits per heavy atom. The molecule has 0 unspecified atom stereocenters. The van der Waals surface area contributed by atoms with Gasteiger partial charge in [0.05, 0.1) is 14.2 Å². The lowest BCUT2D eigenvalue weighted by Gasteiger charge is -2.12. The minimum Gasteiger partial charge on any atom is -0.493 e. The monoisotopic (exact) mass is 274 g/mol. The van der Waals surface area contributed by atoms with Crippen molar-refractivity contribution in [3.05, 3.63) is 42.1 Å². The maximum atomic E-state index is 5.75. The van der Waals surface area contributed by atoms with Gasteiger partial charge in [0.2, 0.25) is 5.88 Å². The molecule has 2 aromatic rings. The zero-order valence-electron chi connectivity index (χ0n) is 11.8. The normalized spacial score (nSPS) is 9.95. The Kier molecular flexibility index (Phi) is 4.65. The van der Waals surface area contributed by atoms with Gasteiger partial charge in [-0.3, -0.25) is 0 Å². The maximum Gasteiger partial charge on any atom is 0.212 e. The average Bonchev–Trinajstić information content (AvgIpc) is 2.53. The molecule has 0 saturated carbocycles. The molecule has 2 rings (SSSR count). The summed E-state index contributed by atoms with van der Waals surface area (Å²) in [6.45, 7) is 0.423. The minimum atomic E-state index is 0.423. The predicted octanol–water partition coefficient (Wildman–Crippen LogP) is 2.72. The molecule has 5 heteroatoms. The second kappa shape index (κ2) is 6.65. The molecule has 0 aliphatic heterocycles. The smallest absolute Gasteiger partial charge is 0.212 e. The van der Waals surface area contributed by atoms with Gasteiger partial charge in [-0.15, -0.1) is 0 Å². The van der Waals surface area contributed by atoms with Gasteiger partial charge >= 0.3 is 0 Å². The molecule has 20 heavy (non-hydrogen) atoms. The van der Waals surface area contributed by atoms with E-state index in [1.807, 2.05) is 31.3 Å². The van der Waals surface area contributed by atoms with Gasteiger partial charge in [-0.2, -0.15) is 0 Å². The van der Waals surface area contributed by atoms with E-state index in [1.165, 1.54) is 0 Å². The van der Waals surface area contributed by atoms with Gasteiger partial charge in [0.15, 0.2) is 11.5 Å². The van der Waals surface area contributed by atoms with Gasteiger partial charge in [0, 0.05) is 36.6 Å². The van der Waals surface area contributed by atoms with Crippen LogP contribution in [0.4, 0.5) is 5.69 Å². The number of aromatic nitrogens is 1. The van der Waals surface area contributed by atoms with E-state index in [0.29, 0.717) is 24.0 Å². The van der Waals surface area contributed by atoms with Crippen LogP contribution in [0.1, 0.15) is 5.56 Å². The van der Waals surface area contributed by atoms with E-state index < -0.39 is 0 Å². The first-order valence-corrected chi connectivity index (χ1v) is 6.24. The first kappa shape index (κ1) is 14.0. The highest BCUT2D eigenvalue weighted by atomic mass is 16.5. The fourth-order valence-corrected chi connectivity index (χ4v) is 1.72. The van der Waals surface area contributed by atoms with Gasteiger partial charge in [0.25, 0.3) is 0 Å². The van der Waals surface area contributed by atoms with Gasteiger partial charge in [-0.05, 0) is 18.2 Å². The fraction of sp³-hybridized carbons (Fsp3) is 0.267. The van der Waals surface area contributed by atoms with Gasteiger partial charge in [-0.25, -0.2) is 4.98 Å². The van der Waals surface area contributed by atoms with Gasteiger partial charge in [0.1, 0.15) is 6.61 Å². The molecule has 1 aromatic heterocycles. The van der Waals surface area contributed by atoms with Crippen LogP contribution >= 0.6 is 0 Å². The second-order valence-electron chi connectivity index (χ2n) is 4.11. The van der Waals surface area contributed by atoms with Crippen LogP contribution in [0.5, 0.6) is 17.4 Å². The molecule has 0 aliphatic carbocycles. The molecular weight excluding hydrogens is 256 g/mol. The lowest BCUT2D eigenvalue weighted by Crippen LogP contribution is -1.99. The molecule has 0 radical (unpaired) electrons. The SMILES string of the molecule is CNc1ccc(OCc2ccc(OC)nc2)c(OC)c1. The standard InChI is InChI=1S/C15H18N2O3/c1-16-12-5-6-13(14(8-12)18-2)20-10-11-4-7-15(19-3)17-9-11/h4-9,16H,10H2,1-3H3. The molecule has 1 heterocycles. The number of rotatable bonds is 6. The van der Waals surface area contributed by atoms with E-state index in [4.69, 9.17) is 14.2 Å². The number of ether oxygens (including phenoxy) is 3. The number of anilines is 1. The highest BCUT2D eigenvalue weighted by molar-refractivity contribution is 5.54. The van der Waals surface area contributed by atoms with Crippen molar-refractivity contribution < 1.29 is 14.2 Å². The number of hydrogen-bond acceptors (Lipinski definition) is 5. The lowest BCUT2D eigenvalue weighted by atomic mass is 10.2. The van der Waals surface area contributed by atoms with Crippen LogP contribution in [0.15, 0.2) is 36.5 Å². The number of benzene rings is 1. The number of hydrogen-bond donors (Lipinski definition) is 1. The van der Waals surface area contributed by atoms with Crippen molar-refractivity contribution >= 4 is 5.69 Å². The number of pyridine rings is 1. The van der Waals surface area contributed by atoms with Crippen LogP contribution in [0, 0.1) is 0 Å². The summed E-state index contributed by atoms with van der Waals surface area (Å²) >= 11 is 0. The molecule has 106 valence electrons. The largest absolute Gasteiger partial charge is 0.493 e. The number of methoxy groups -OCH3 is 2. The Morgan fingerprint density at radius 1 is 1.05 bits per heavy atom. The zero-order chi connectivity index (χ0) is 14.4. The van der Waals surface area contributed by atoms with Gasteiger partial charge in [-0.1, -0.05) is 0 Å². The van der Waals surface area contributed by atoms with Crippen molar-refractivity contribution in [3.8, 4) is 17.4 Å². The Morgan fingerprint density at radius 2 is 1.90 bits per heavy atom. The molecule has 1 N–H and O–H groups in total. The molecule has 0 saturated heterocycles. The molecule has 0 fully saturated rings. The maximum absolute atomic E-state index is 5.75. The van der Waals surface area contributed by atoms with Crippen molar-refractivity contribution in [2.45, 2.75) is 6.61 Å². The third kappa shape index (κ3) is 3.32. The lowest BCUT2D eigenvalue weighted by molar-refractivity contribution is 0.284. The van der Waals surface area contributed by atoms with Crippen LogP contribution in [0.25, 0.3) is 0 Å². The topological polar surface area (TPSA) is 52.6 Å². The van der Waals surface area contributed by atoms with Crippen LogP contribution in [-0.4, -0.2) is 26.3 Å². The Balaban J connectivity index is 2.05. The van der Waals surface area contributed by atoms with Crippen molar-refractivity contribution in [1.29, 1.82) is 0 Å². The molecule has 0 aliphatic rings. The van der Waals surface area contributed by atoms with Crippen molar-refractivity contribution in [2.24, 2.45) is 0 Å². The minimum absolute atomic E-state index is 0.423. The highest BCUT2D eigenvalue weighted by Gasteiger charge is 2.06. The summed E-state index contributed by atoms with van der Waals surface area (Å²) in [7, 11) is 5.07. The second-order valence-corrected chi connectivity index (χ2v) is 4.11. The summed E-state index contributed by atoms with van der Waals surface area (Å²) in [5.41, 5.74) is 1.94. The van der Waals surface area contributed by atoms with E-state index in [2.05, 4.69) is 10.3 Å². The van der Waals surface area contributed by atoms with Crippen molar-refractivity contribution in [1.82, 2.24) is 4.98 Å². The summed E-state index contributed by atoms with van der Waals surface area (Å²) in [6.07, 6.45) is 1.73. The van der Waals surface area contributed by atoms with E-state index in [0.717, 1.165) is 11.3 Å². The predicted molar refractivity (Wildman–Crippen MR) is 77.7 cm³/mol. The molecule has 0 spiro atoms. The number of nitrogens with one attached hydrogen (secondary N) is 1. The Hall–Kier alpha value is -2.43. The molecule has 5 nitrogen and oxygen atoms in total. The average molecular weight is 274 g/mol. The van der Waals surface area contributed by atoms with E-state index in [1.54, 1.807) is 26.5 Å². The van der Waals surface area contributed by atoms with E-state index >= 15 is 0 Å². The Bertz CT molecular complexity index is 556. The highest BCUT2D eigenvalue weighted by Crippen LogP contribution is 2.30. The van der Waals surface area contributed by atoms with Crippen molar-refractivity contribution in [3.63, 3.8) is 0 Å². The summed E-state index contributed by atoms with van der Waals surface area (Å²) in [4.78, 5) is 4.14. The summed E-state index contributed by atoms with van der Waals surface area (Å²) in [6, 6.07) is 9.42. The Labute approximate surface area is 118 Å².